The average molecular weight is 172 g/mol. The summed E-state index contributed by atoms with van der Waals surface area (Å²) in [5.74, 6) is 0. The van der Waals surface area contributed by atoms with Crippen LogP contribution < -0.4 is 5.32 Å². The topological polar surface area (TPSA) is 52.6 Å². The van der Waals surface area contributed by atoms with Gasteiger partial charge in [0.15, 0.2) is 0 Å². The van der Waals surface area contributed by atoms with E-state index in [0.29, 0.717) is 0 Å². The van der Waals surface area contributed by atoms with Gasteiger partial charge in [-0.05, 0) is 19.8 Å². The Kier molecular flexibility index (Phi) is 3.34. The number of rotatable bonds is 4. The number of hydrogen-bond acceptors (Lipinski definition) is 2. The Balaban J connectivity index is 2.19. The Bertz CT molecular complexity index is 161. The molecule has 1 atom stereocenters. The van der Waals surface area contributed by atoms with Gasteiger partial charge in [-0.2, -0.15) is 0 Å². The Morgan fingerprint density at radius 2 is 2.42 bits per heavy atom. The predicted molar refractivity (Wildman–Crippen MR) is 45.9 cm³/mol. The van der Waals surface area contributed by atoms with E-state index < -0.39 is 0 Å². The normalized spacial score (nSPS) is 23.0. The van der Waals surface area contributed by atoms with Crippen LogP contribution in [-0.4, -0.2) is 41.8 Å². The second-order valence-electron chi connectivity index (χ2n) is 3.23. The zero-order valence-electron chi connectivity index (χ0n) is 7.42. The largest absolute Gasteiger partial charge is 0.396 e. The van der Waals surface area contributed by atoms with E-state index in [1.807, 2.05) is 6.92 Å². The molecule has 0 saturated carbocycles. The summed E-state index contributed by atoms with van der Waals surface area (Å²) in [4.78, 5) is 12.9. The lowest BCUT2D eigenvalue weighted by Crippen LogP contribution is -2.29. The molecular formula is C8H16N2O2. The van der Waals surface area contributed by atoms with E-state index in [1.54, 1.807) is 4.90 Å². The van der Waals surface area contributed by atoms with Gasteiger partial charge in [0.25, 0.3) is 0 Å². The molecule has 1 unspecified atom stereocenters. The lowest BCUT2D eigenvalue weighted by atomic mass is 10.3. The third-order valence-electron chi connectivity index (χ3n) is 1.99. The molecule has 0 radical (unpaired) electrons. The summed E-state index contributed by atoms with van der Waals surface area (Å²) in [5, 5.41) is 11.4. The number of nitrogens with one attached hydrogen (secondary N) is 1. The zero-order chi connectivity index (χ0) is 8.97. The highest BCUT2D eigenvalue weighted by atomic mass is 16.3. The summed E-state index contributed by atoms with van der Waals surface area (Å²) in [6.07, 6.45) is 1.66. The van der Waals surface area contributed by atoms with E-state index >= 15 is 0 Å². The minimum Gasteiger partial charge on any atom is -0.396 e. The van der Waals surface area contributed by atoms with Crippen LogP contribution in [-0.2, 0) is 0 Å². The number of nitrogens with zero attached hydrogens (tertiary/aromatic N) is 1. The molecule has 1 aliphatic heterocycles. The third-order valence-corrected chi connectivity index (χ3v) is 1.99. The minimum atomic E-state index is 0.0282. The van der Waals surface area contributed by atoms with E-state index in [2.05, 4.69) is 5.32 Å². The van der Waals surface area contributed by atoms with Crippen molar-refractivity contribution in [1.29, 1.82) is 0 Å². The molecule has 0 aromatic heterocycles. The molecule has 0 aliphatic carbocycles. The van der Waals surface area contributed by atoms with Gasteiger partial charge in [0.2, 0.25) is 0 Å². The molecule has 0 bridgehead atoms. The third kappa shape index (κ3) is 2.37. The molecule has 1 saturated heterocycles. The maximum Gasteiger partial charge on any atom is 0.317 e. The summed E-state index contributed by atoms with van der Waals surface area (Å²) >= 11 is 0. The number of urea groups is 1. The van der Waals surface area contributed by atoms with Crippen LogP contribution in [0.1, 0.15) is 19.8 Å². The fourth-order valence-electron chi connectivity index (χ4n) is 1.37. The van der Waals surface area contributed by atoms with Crippen molar-refractivity contribution in [2.24, 2.45) is 0 Å². The molecule has 0 aromatic rings. The number of hydrogen-bond donors (Lipinski definition) is 2. The van der Waals surface area contributed by atoms with E-state index in [-0.39, 0.29) is 18.7 Å². The van der Waals surface area contributed by atoms with Gasteiger partial charge in [0, 0.05) is 25.7 Å². The van der Waals surface area contributed by atoms with Crippen molar-refractivity contribution in [3.05, 3.63) is 0 Å². The molecule has 4 nitrogen and oxygen atoms in total. The summed E-state index contributed by atoms with van der Waals surface area (Å²) in [6, 6.07) is 0.298. The van der Waals surface area contributed by atoms with Crippen LogP contribution in [0, 0.1) is 0 Å². The minimum absolute atomic E-state index is 0.0282. The highest BCUT2D eigenvalue weighted by molar-refractivity contribution is 5.76. The van der Waals surface area contributed by atoms with Crippen LogP contribution in [0.25, 0.3) is 0 Å². The van der Waals surface area contributed by atoms with Gasteiger partial charge in [-0.15, -0.1) is 0 Å². The first-order valence-corrected chi connectivity index (χ1v) is 4.40. The highest BCUT2D eigenvalue weighted by Crippen LogP contribution is 2.04. The van der Waals surface area contributed by atoms with Crippen molar-refractivity contribution in [2.45, 2.75) is 25.8 Å². The molecule has 0 spiro atoms. The van der Waals surface area contributed by atoms with Crippen LogP contribution in [0.15, 0.2) is 0 Å². The average Bonchev–Trinajstić information content (AvgIpc) is 2.31. The van der Waals surface area contributed by atoms with Gasteiger partial charge in [-0.1, -0.05) is 0 Å². The molecule has 2 amide bonds. The Hall–Kier alpha value is -0.770. The molecule has 12 heavy (non-hydrogen) atoms. The Morgan fingerprint density at radius 1 is 1.67 bits per heavy atom. The SMILES string of the molecule is CC1CN(CCCCO)C(=O)N1. The summed E-state index contributed by atoms with van der Waals surface area (Å²) in [6.45, 7) is 3.76. The fraction of sp³-hybridized carbons (Fsp3) is 0.875. The maximum atomic E-state index is 11.1. The van der Waals surface area contributed by atoms with E-state index in [1.165, 1.54) is 0 Å². The monoisotopic (exact) mass is 172 g/mol. The molecule has 2 N–H and O–H groups in total. The van der Waals surface area contributed by atoms with Gasteiger partial charge in [0.1, 0.15) is 0 Å². The number of amides is 2. The molecule has 0 aromatic carbocycles. The Morgan fingerprint density at radius 3 is 2.92 bits per heavy atom. The van der Waals surface area contributed by atoms with Gasteiger partial charge in [-0.3, -0.25) is 0 Å². The van der Waals surface area contributed by atoms with Gasteiger partial charge in [-0.25, -0.2) is 4.79 Å². The predicted octanol–water partition coefficient (Wildman–Crippen LogP) is 0.173. The lowest BCUT2D eigenvalue weighted by Gasteiger charge is -2.12. The fourth-order valence-corrected chi connectivity index (χ4v) is 1.37. The van der Waals surface area contributed by atoms with Crippen LogP contribution in [0.4, 0.5) is 4.79 Å². The summed E-state index contributed by atoms with van der Waals surface area (Å²) in [5.41, 5.74) is 0. The number of carbonyl (C=O) groups excluding carboxylic acids is 1. The molecule has 4 heteroatoms. The molecular weight excluding hydrogens is 156 g/mol. The molecule has 1 fully saturated rings. The smallest absolute Gasteiger partial charge is 0.317 e. The Labute approximate surface area is 72.6 Å². The van der Waals surface area contributed by atoms with E-state index in [4.69, 9.17) is 5.11 Å². The molecule has 1 rings (SSSR count). The number of aliphatic hydroxyl groups is 1. The van der Waals surface area contributed by atoms with Crippen LogP contribution in [0.5, 0.6) is 0 Å². The second-order valence-corrected chi connectivity index (χ2v) is 3.23. The molecule has 70 valence electrons. The number of aliphatic hydroxyl groups excluding tert-OH is 1. The van der Waals surface area contributed by atoms with Crippen molar-refractivity contribution < 1.29 is 9.90 Å². The van der Waals surface area contributed by atoms with Crippen molar-refractivity contribution in [3.63, 3.8) is 0 Å². The van der Waals surface area contributed by atoms with Gasteiger partial charge >= 0.3 is 6.03 Å². The zero-order valence-corrected chi connectivity index (χ0v) is 7.42. The van der Waals surface area contributed by atoms with Crippen molar-refractivity contribution in [3.8, 4) is 0 Å². The van der Waals surface area contributed by atoms with Crippen molar-refractivity contribution in [1.82, 2.24) is 10.2 Å². The van der Waals surface area contributed by atoms with Gasteiger partial charge in [0.05, 0.1) is 0 Å². The van der Waals surface area contributed by atoms with E-state index in [0.717, 1.165) is 25.9 Å². The quantitative estimate of drug-likeness (QED) is 0.594. The summed E-state index contributed by atoms with van der Waals surface area (Å²) < 4.78 is 0. The van der Waals surface area contributed by atoms with Crippen LogP contribution in [0.3, 0.4) is 0 Å². The lowest BCUT2D eigenvalue weighted by molar-refractivity contribution is 0.213. The van der Waals surface area contributed by atoms with E-state index in [9.17, 15) is 4.79 Å². The molecule has 1 heterocycles. The van der Waals surface area contributed by atoms with Crippen LogP contribution in [0.2, 0.25) is 0 Å². The van der Waals surface area contributed by atoms with Crippen LogP contribution >= 0.6 is 0 Å². The van der Waals surface area contributed by atoms with Gasteiger partial charge < -0.3 is 15.3 Å². The maximum absolute atomic E-state index is 11.1. The standard InChI is InChI=1S/C8H16N2O2/c1-7-6-10(8(12)9-7)4-2-3-5-11/h7,11H,2-6H2,1H3,(H,9,12). The first-order chi connectivity index (χ1) is 5.74. The summed E-state index contributed by atoms with van der Waals surface area (Å²) in [7, 11) is 0. The molecule has 1 aliphatic rings. The number of carbonyl (C=O) groups is 1. The second kappa shape index (κ2) is 4.30. The first-order valence-electron chi connectivity index (χ1n) is 4.40. The first kappa shape index (κ1) is 9.32. The van der Waals surface area contributed by atoms with Crippen molar-refractivity contribution >= 4 is 6.03 Å². The number of unbranched alkanes of at least 4 members (excludes halogenated alkanes) is 1. The highest BCUT2D eigenvalue weighted by Gasteiger charge is 2.24. The van der Waals surface area contributed by atoms with Crippen molar-refractivity contribution in [2.75, 3.05) is 19.7 Å².